The highest BCUT2D eigenvalue weighted by atomic mass is 16.5. The SMILES string of the molecule is NC1CCCCC1C(=O)NCC1CCCO1. The van der Waals surface area contributed by atoms with Gasteiger partial charge < -0.3 is 15.8 Å². The molecule has 1 aliphatic heterocycles. The molecule has 1 saturated carbocycles. The number of rotatable bonds is 3. The molecule has 1 aliphatic carbocycles. The Morgan fingerprint density at radius 2 is 2.06 bits per heavy atom. The third-order valence-corrected chi connectivity index (χ3v) is 3.68. The van der Waals surface area contributed by atoms with Crippen LogP contribution in [0.25, 0.3) is 0 Å². The summed E-state index contributed by atoms with van der Waals surface area (Å²) in [7, 11) is 0. The van der Waals surface area contributed by atoms with Gasteiger partial charge >= 0.3 is 0 Å². The second-order valence-electron chi connectivity index (χ2n) is 4.93. The van der Waals surface area contributed by atoms with E-state index in [0.29, 0.717) is 6.54 Å². The Kier molecular flexibility index (Phi) is 4.18. The fourth-order valence-electron chi connectivity index (χ4n) is 2.64. The predicted octanol–water partition coefficient (Wildman–Crippen LogP) is 0.799. The van der Waals surface area contributed by atoms with E-state index in [4.69, 9.17) is 10.5 Å². The van der Waals surface area contributed by atoms with Gasteiger partial charge in [-0.3, -0.25) is 4.79 Å². The highest BCUT2D eigenvalue weighted by Gasteiger charge is 2.28. The molecule has 0 aromatic carbocycles. The van der Waals surface area contributed by atoms with Crippen LogP contribution in [0.5, 0.6) is 0 Å². The number of nitrogens with one attached hydrogen (secondary N) is 1. The first-order valence-corrected chi connectivity index (χ1v) is 6.42. The molecule has 4 heteroatoms. The lowest BCUT2D eigenvalue weighted by Gasteiger charge is -2.27. The molecule has 2 rings (SSSR count). The minimum atomic E-state index is 0.0233. The first kappa shape index (κ1) is 11.9. The number of carbonyl (C=O) groups is 1. The lowest BCUT2D eigenvalue weighted by Crippen LogP contribution is -2.45. The molecule has 0 spiro atoms. The molecule has 1 saturated heterocycles. The molecule has 1 heterocycles. The van der Waals surface area contributed by atoms with Gasteiger partial charge in [0.25, 0.3) is 0 Å². The minimum Gasteiger partial charge on any atom is -0.376 e. The van der Waals surface area contributed by atoms with Crippen LogP contribution in [0.4, 0.5) is 0 Å². The van der Waals surface area contributed by atoms with E-state index in [1.54, 1.807) is 0 Å². The van der Waals surface area contributed by atoms with E-state index in [9.17, 15) is 4.79 Å². The zero-order chi connectivity index (χ0) is 11.4. The summed E-state index contributed by atoms with van der Waals surface area (Å²) in [6, 6.07) is 0.0539. The van der Waals surface area contributed by atoms with Gasteiger partial charge in [-0.2, -0.15) is 0 Å². The lowest BCUT2D eigenvalue weighted by molar-refractivity contribution is -0.126. The predicted molar refractivity (Wildman–Crippen MR) is 61.9 cm³/mol. The van der Waals surface area contributed by atoms with E-state index >= 15 is 0 Å². The third-order valence-electron chi connectivity index (χ3n) is 3.68. The number of hydrogen-bond acceptors (Lipinski definition) is 3. The summed E-state index contributed by atoms with van der Waals surface area (Å²) in [4.78, 5) is 11.9. The van der Waals surface area contributed by atoms with E-state index in [-0.39, 0.29) is 24.0 Å². The maximum Gasteiger partial charge on any atom is 0.224 e. The van der Waals surface area contributed by atoms with Crippen molar-refractivity contribution in [1.82, 2.24) is 5.32 Å². The van der Waals surface area contributed by atoms with E-state index in [0.717, 1.165) is 45.1 Å². The minimum absolute atomic E-state index is 0.0233. The Bertz CT molecular complexity index is 239. The second-order valence-corrected chi connectivity index (χ2v) is 4.93. The van der Waals surface area contributed by atoms with E-state index in [1.165, 1.54) is 0 Å². The van der Waals surface area contributed by atoms with Gasteiger partial charge in [0.05, 0.1) is 12.0 Å². The van der Waals surface area contributed by atoms with Gasteiger partial charge in [0.15, 0.2) is 0 Å². The van der Waals surface area contributed by atoms with Crippen LogP contribution in [0.15, 0.2) is 0 Å². The molecule has 1 amide bonds. The van der Waals surface area contributed by atoms with Crippen molar-refractivity contribution in [2.24, 2.45) is 11.7 Å². The maximum atomic E-state index is 11.9. The Labute approximate surface area is 96.9 Å². The largest absolute Gasteiger partial charge is 0.376 e. The maximum absolute atomic E-state index is 11.9. The first-order chi connectivity index (χ1) is 7.77. The van der Waals surface area contributed by atoms with E-state index < -0.39 is 0 Å². The Balaban J connectivity index is 1.73. The van der Waals surface area contributed by atoms with Crippen LogP contribution >= 0.6 is 0 Å². The van der Waals surface area contributed by atoms with Crippen LogP contribution in [0, 0.1) is 5.92 Å². The van der Waals surface area contributed by atoms with Crippen molar-refractivity contribution < 1.29 is 9.53 Å². The van der Waals surface area contributed by atoms with Crippen LogP contribution < -0.4 is 11.1 Å². The standard InChI is InChI=1S/C12H22N2O2/c13-11-6-2-1-5-10(11)12(15)14-8-9-4-3-7-16-9/h9-11H,1-8,13H2,(H,14,15). The van der Waals surface area contributed by atoms with Gasteiger partial charge in [-0.1, -0.05) is 12.8 Å². The van der Waals surface area contributed by atoms with E-state index in [1.807, 2.05) is 0 Å². The smallest absolute Gasteiger partial charge is 0.224 e. The normalized spacial score (nSPS) is 34.9. The number of amides is 1. The number of carbonyl (C=O) groups excluding carboxylic acids is 1. The van der Waals surface area contributed by atoms with Gasteiger partial charge in [0.2, 0.25) is 5.91 Å². The number of hydrogen-bond donors (Lipinski definition) is 2. The molecule has 2 aliphatic rings. The molecule has 0 radical (unpaired) electrons. The molecule has 0 aromatic heterocycles. The summed E-state index contributed by atoms with van der Waals surface area (Å²) in [6.07, 6.45) is 6.63. The highest BCUT2D eigenvalue weighted by Crippen LogP contribution is 2.23. The summed E-state index contributed by atoms with van der Waals surface area (Å²) in [6.45, 7) is 1.49. The molecule has 4 nitrogen and oxygen atoms in total. The zero-order valence-electron chi connectivity index (χ0n) is 9.78. The summed E-state index contributed by atoms with van der Waals surface area (Å²) < 4.78 is 5.47. The van der Waals surface area contributed by atoms with Crippen LogP contribution in [0.1, 0.15) is 38.5 Å². The van der Waals surface area contributed by atoms with Crippen molar-refractivity contribution in [3.63, 3.8) is 0 Å². The zero-order valence-corrected chi connectivity index (χ0v) is 9.78. The monoisotopic (exact) mass is 226 g/mol. The molecule has 16 heavy (non-hydrogen) atoms. The second kappa shape index (κ2) is 5.64. The summed E-state index contributed by atoms with van der Waals surface area (Å²) >= 11 is 0. The Morgan fingerprint density at radius 1 is 1.25 bits per heavy atom. The molecule has 0 aromatic rings. The average molecular weight is 226 g/mol. The van der Waals surface area contributed by atoms with Gasteiger partial charge in [-0.05, 0) is 25.7 Å². The van der Waals surface area contributed by atoms with Gasteiger partial charge in [-0.15, -0.1) is 0 Å². The third kappa shape index (κ3) is 2.95. The summed E-state index contributed by atoms with van der Waals surface area (Å²) in [5, 5.41) is 2.98. The Morgan fingerprint density at radius 3 is 2.75 bits per heavy atom. The highest BCUT2D eigenvalue weighted by molar-refractivity contribution is 5.79. The van der Waals surface area contributed by atoms with Crippen molar-refractivity contribution in [2.45, 2.75) is 50.7 Å². The molecule has 2 fully saturated rings. The van der Waals surface area contributed by atoms with Crippen LogP contribution in [0.2, 0.25) is 0 Å². The molecule has 3 N–H and O–H groups in total. The fourth-order valence-corrected chi connectivity index (χ4v) is 2.64. The molecule has 3 atom stereocenters. The van der Waals surface area contributed by atoms with Crippen molar-refractivity contribution >= 4 is 5.91 Å². The van der Waals surface area contributed by atoms with Crippen molar-refractivity contribution in [2.75, 3.05) is 13.2 Å². The molecule has 92 valence electrons. The Hall–Kier alpha value is -0.610. The summed E-state index contributed by atoms with van der Waals surface area (Å²) in [5.74, 6) is 0.151. The topological polar surface area (TPSA) is 64.4 Å². The van der Waals surface area contributed by atoms with Gasteiger partial charge in [0, 0.05) is 19.2 Å². The lowest BCUT2D eigenvalue weighted by atomic mass is 9.84. The molecular weight excluding hydrogens is 204 g/mol. The quantitative estimate of drug-likeness (QED) is 0.748. The fraction of sp³-hybridized carbons (Fsp3) is 0.917. The van der Waals surface area contributed by atoms with Crippen LogP contribution in [0.3, 0.4) is 0 Å². The first-order valence-electron chi connectivity index (χ1n) is 6.42. The molecular formula is C12H22N2O2. The number of ether oxygens (including phenoxy) is 1. The molecule has 0 bridgehead atoms. The van der Waals surface area contributed by atoms with Crippen molar-refractivity contribution in [1.29, 1.82) is 0 Å². The van der Waals surface area contributed by atoms with Gasteiger partial charge in [0.1, 0.15) is 0 Å². The number of nitrogens with two attached hydrogens (primary N) is 1. The summed E-state index contributed by atoms with van der Waals surface area (Å²) in [5.41, 5.74) is 5.97. The van der Waals surface area contributed by atoms with Gasteiger partial charge in [-0.25, -0.2) is 0 Å². The molecule has 3 unspecified atom stereocenters. The van der Waals surface area contributed by atoms with Crippen molar-refractivity contribution in [3.05, 3.63) is 0 Å². The van der Waals surface area contributed by atoms with Crippen molar-refractivity contribution in [3.8, 4) is 0 Å². The van der Waals surface area contributed by atoms with Crippen LogP contribution in [-0.4, -0.2) is 31.2 Å². The van der Waals surface area contributed by atoms with E-state index in [2.05, 4.69) is 5.32 Å². The van der Waals surface area contributed by atoms with Crippen LogP contribution in [-0.2, 0) is 9.53 Å². The average Bonchev–Trinajstić information content (AvgIpc) is 2.79.